The molecule has 2 heterocycles. The highest BCUT2D eigenvalue weighted by Gasteiger charge is 2.48. The Kier molecular flexibility index (Phi) is 10.1. The number of aliphatic carboxylic acids is 1. The topological polar surface area (TPSA) is 88.5 Å². The first kappa shape index (κ1) is 28.7. The monoisotopic (exact) mass is 538 g/mol. The van der Waals surface area contributed by atoms with E-state index in [4.69, 9.17) is 14.2 Å². The number of fused-ring (bicyclic) bond motifs is 1. The molecule has 0 aromatic heterocycles. The number of ether oxygens (including phenoxy) is 3. The zero-order valence-corrected chi connectivity index (χ0v) is 23.4. The van der Waals surface area contributed by atoms with E-state index < -0.39 is 17.9 Å². The highest BCUT2D eigenvalue weighted by Crippen LogP contribution is 2.47. The summed E-state index contributed by atoms with van der Waals surface area (Å²) in [5.74, 6) is 0.136. The first-order chi connectivity index (χ1) is 19.0. The summed E-state index contributed by atoms with van der Waals surface area (Å²) >= 11 is 0. The molecule has 0 saturated carbocycles. The molecule has 1 amide bonds. The number of benzene rings is 2. The SMILES string of the molecule is CCCCCN(CCCCC)C(=O)CN1C[C@H](c2ccc3c(c2)OCO3)[C@H](C(=O)O)[C@H]1c1ccc(OC)cc1. The number of nitrogens with zero attached hydrogens (tertiary/aromatic N) is 2. The number of carbonyl (C=O) groups is 2. The fourth-order valence-corrected chi connectivity index (χ4v) is 5.81. The Labute approximate surface area is 231 Å². The lowest BCUT2D eigenvalue weighted by Crippen LogP contribution is -2.42. The van der Waals surface area contributed by atoms with E-state index in [0.29, 0.717) is 23.8 Å². The Morgan fingerprint density at radius 2 is 1.59 bits per heavy atom. The number of hydrogen-bond acceptors (Lipinski definition) is 6. The van der Waals surface area contributed by atoms with Gasteiger partial charge in [-0.15, -0.1) is 0 Å². The fourth-order valence-electron chi connectivity index (χ4n) is 5.81. The second-order valence-electron chi connectivity index (χ2n) is 10.5. The normalized spacial score (nSPS) is 20.2. The minimum absolute atomic E-state index is 0.0659. The lowest BCUT2D eigenvalue weighted by Gasteiger charge is -2.30. The van der Waals surface area contributed by atoms with Crippen LogP contribution in [0.1, 0.15) is 75.5 Å². The predicted octanol–water partition coefficient (Wildman–Crippen LogP) is 5.47. The number of hydrogen-bond donors (Lipinski definition) is 1. The zero-order chi connectivity index (χ0) is 27.8. The number of amides is 1. The Morgan fingerprint density at radius 1 is 0.949 bits per heavy atom. The lowest BCUT2D eigenvalue weighted by atomic mass is 9.82. The smallest absolute Gasteiger partial charge is 0.309 e. The van der Waals surface area contributed by atoms with Crippen molar-refractivity contribution in [3.63, 3.8) is 0 Å². The number of likely N-dealkylation sites (tertiary alicyclic amines) is 1. The van der Waals surface area contributed by atoms with E-state index in [9.17, 15) is 14.7 Å². The van der Waals surface area contributed by atoms with E-state index >= 15 is 0 Å². The number of carbonyl (C=O) groups excluding carboxylic acids is 1. The van der Waals surface area contributed by atoms with Gasteiger partial charge in [-0.1, -0.05) is 57.7 Å². The van der Waals surface area contributed by atoms with Crippen LogP contribution in [0.5, 0.6) is 17.2 Å². The van der Waals surface area contributed by atoms with Crippen molar-refractivity contribution in [2.75, 3.05) is 40.1 Å². The van der Waals surface area contributed by atoms with E-state index in [2.05, 4.69) is 18.7 Å². The van der Waals surface area contributed by atoms with Crippen molar-refractivity contribution in [2.24, 2.45) is 5.92 Å². The third kappa shape index (κ3) is 6.85. The van der Waals surface area contributed by atoms with Crippen LogP contribution in [0.25, 0.3) is 0 Å². The summed E-state index contributed by atoms with van der Waals surface area (Å²) in [5, 5.41) is 10.5. The van der Waals surface area contributed by atoms with Crippen molar-refractivity contribution >= 4 is 11.9 Å². The van der Waals surface area contributed by atoms with E-state index in [1.54, 1.807) is 7.11 Å². The van der Waals surface area contributed by atoms with Gasteiger partial charge in [0, 0.05) is 31.6 Å². The molecule has 8 nitrogen and oxygen atoms in total. The Bertz CT molecular complexity index is 1090. The van der Waals surface area contributed by atoms with Gasteiger partial charge in [0.15, 0.2) is 11.5 Å². The van der Waals surface area contributed by atoms with Gasteiger partial charge < -0.3 is 24.2 Å². The van der Waals surface area contributed by atoms with Crippen molar-refractivity contribution in [2.45, 2.75) is 64.3 Å². The maximum atomic E-state index is 13.7. The van der Waals surface area contributed by atoms with Gasteiger partial charge >= 0.3 is 5.97 Å². The van der Waals surface area contributed by atoms with Gasteiger partial charge in [-0.2, -0.15) is 0 Å². The molecular weight excluding hydrogens is 496 g/mol. The molecule has 0 spiro atoms. The molecule has 2 aromatic rings. The summed E-state index contributed by atoms with van der Waals surface area (Å²) in [7, 11) is 1.61. The standard InChI is InChI=1S/C31H42N2O6/c1-4-6-8-16-32(17-9-7-5-2)28(34)20-33-19-25(23-12-15-26-27(18-23)39-21-38-26)29(31(35)36)30(33)22-10-13-24(37-3)14-11-22/h10-15,18,25,29-30H,4-9,16-17,19-21H2,1-3H3,(H,35,36)/t25-,29+,30-/m1/s1. The summed E-state index contributed by atoms with van der Waals surface area (Å²) in [6, 6.07) is 12.7. The molecule has 39 heavy (non-hydrogen) atoms. The minimum Gasteiger partial charge on any atom is -0.497 e. The number of methoxy groups -OCH3 is 1. The molecule has 0 radical (unpaired) electrons. The van der Waals surface area contributed by atoms with Crippen LogP contribution < -0.4 is 14.2 Å². The van der Waals surface area contributed by atoms with E-state index in [1.165, 1.54) is 0 Å². The summed E-state index contributed by atoms with van der Waals surface area (Å²) in [5.41, 5.74) is 1.74. The van der Waals surface area contributed by atoms with Gasteiger partial charge in [0.2, 0.25) is 12.7 Å². The quantitative estimate of drug-likeness (QED) is 0.319. The van der Waals surface area contributed by atoms with Gasteiger partial charge in [0.1, 0.15) is 5.75 Å². The molecule has 3 atom stereocenters. The summed E-state index contributed by atoms with van der Waals surface area (Å²) in [6.07, 6.45) is 6.33. The molecule has 8 heteroatoms. The minimum atomic E-state index is -0.879. The van der Waals surface area contributed by atoms with Crippen molar-refractivity contribution in [1.29, 1.82) is 0 Å². The second kappa shape index (κ2) is 13.7. The van der Waals surface area contributed by atoms with Crippen LogP contribution in [0.4, 0.5) is 0 Å². The molecule has 2 aromatic carbocycles. The lowest BCUT2D eigenvalue weighted by molar-refractivity contribution is -0.144. The molecule has 1 N–H and O–H groups in total. The fraction of sp³-hybridized carbons (Fsp3) is 0.548. The van der Waals surface area contributed by atoms with Crippen LogP contribution in [0, 0.1) is 5.92 Å². The van der Waals surface area contributed by atoms with Crippen LogP contribution >= 0.6 is 0 Å². The van der Waals surface area contributed by atoms with Gasteiger partial charge in [-0.05, 0) is 48.2 Å². The number of rotatable bonds is 14. The largest absolute Gasteiger partial charge is 0.497 e. The predicted molar refractivity (Wildman–Crippen MR) is 149 cm³/mol. The van der Waals surface area contributed by atoms with Crippen LogP contribution in [-0.2, 0) is 9.59 Å². The van der Waals surface area contributed by atoms with Gasteiger partial charge in [-0.3, -0.25) is 14.5 Å². The third-order valence-corrected chi connectivity index (χ3v) is 7.92. The molecule has 2 aliphatic rings. The molecular formula is C31H42N2O6. The molecule has 212 valence electrons. The molecule has 0 bridgehead atoms. The Morgan fingerprint density at radius 3 is 2.21 bits per heavy atom. The molecule has 2 aliphatic heterocycles. The first-order valence-electron chi connectivity index (χ1n) is 14.2. The second-order valence-corrected chi connectivity index (χ2v) is 10.5. The summed E-state index contributed by atoms with van der Waals surface area (Å²) in [6.45, 7) is 6.60. The van der Waals surface area contributed by atoms with E-state index in [0.717, 1.165) is 62.7 Å². The Hall–Kier alpha value is -3.26. The third-order valence-electron chi connectivity index (χ3n) is 7.92. The molecule has 0 aliphatic carbocycles. The molecule has 1 saturated heterocycles. The highest BCUT2D eigenvalue weighted by molar-refractivity contribution is 5.79. The van der Waals surface area contributed by atoms with Crippen LogP contribution in [-0.4, -0.2) is 66.9 Å². The Balaban J connectivity index is 1.64. The summed E-state index contributed by atoms with van der Waals surface area (Å²) < 4.78 is 16.4. The average Bonchev–Trinajstić information content (AvgIpc) is 3.56. The van der Waals surface area contributed by atoms with Crippen LogP contribution in [0.15, 0.2) is 42.5 Å². The maximum Gasteiger partial charge on any atom is 0.309 e. The van der Waals surface area contributed by atoms with Crippen LogP contribution in [0.3, 0.4) is 0 Å². The van der Waals surface area contributed by atoms with Gasteiger partial charge in [-0.25, -0.2) is 0 Å². The summed E-state index contributed by atoms with van der Waals surface area (Å²) in [4.78, 5) is 30.6. The molecule has 0 unspecified atom stereocenters. The van der Waals surface area contributed by atoms with Gasteiger partial charge in [0.25, 0.3) is 0 Å². The number of carboxylic acids is 1. The van der Waals surface area contributed by atoms with Crippen molar-refractivity contribution in [1.82, 2.24) is 9.80 Å². The maximum absolute atomic E-state index is 13.7. The molecule has 4 rings (SSSR count). The number of carboxylic acid groups (broad SMARTS) is 1. The molecule has 1 fully saturated rings. The zero-order valence-electron chi connectivity index (χ0n) is 23.4. The number of unbranched alkanes of at least 4 members (excludes halogenated alkanes) is 4. The van der Waals surface area contributed by atoms with Gasteiger partial charge in [0.05, 0.1) is 19.6 Å². The average molecular weight is 539 g/mol. The highest BCUT2D eigenvalue weighted by atomic mass is 16.7. The van der Waals surface area contributed by atoms with Crippen LogP contribution in [0.2, 0.25) is 0 Å². The first-order valence-corrected chi connectivity index (χ1v) is 14.2. The van der Waals surface area contributed by atoms with E-state index in [1.807, 2.05) is 47.4 Å². The van der Waals surface area contributed by atoms with Crippen molar-refractivity contribution in [3.05, 3.63) is 53.6 Å². The van der Waals surface area contributed by atoms with E-state index in [-0.39, 0.29) is 25.2 Å². The van der Waals surface area contributed by atoms with Crippen molar-refractivity contribution in [3.8, 4) is 17.2 Å². The van der Waals surface area contributed by atoms with Crippen molar-refractivity contribution < 1.29 is 28.9 Å².